The fourth-order valence-electron chi connectivity index (χ4n) is 2.14. The van der Waals surface area contributed by atoms with E-state index in [2.05, 4.69) is 36.5 Å². The van der Waals surface area contributed by atoms with E-state index >= 15 is 0 Å². The van der Waals surface area contributed by atoms with E-state index in [1.165, 1.54) is 11.6 Å². The average Bonchev–Trinajstić information content (AvgIpc) is 2.43. The van der Waals surface area contributed by atoms with Gasteiger partial charge in [-0.2, -0.15) is 0 Å². The molecule has 0 aliphatic heterocycles. The molecule has 1 nitrogen and oxygen atoms in total. The van der Waals surface area contributed by atoms with E-state index in [1.807, 2.05) is 12.1 Å². The van der Waals surface area contributed by atoms with Crippen molar-refractivity contribution in [1.29, 1.82) is 0 Å². The minimum atomic E-state index is -0.150. The molecule has 0 heterocycles. The number of nitrogens with one attached hydrogen (secondary N) is 1. The molecular weight excluding hydrogens is 237 g/mol. The van der Waals surface area contributed by atoms with E-state index < -0.39 is 0 Å². The van der Waals surface area contributed by atoms with Crippen LogP contribution in [0.25, 0.3) is 0 Å². The third-order valence-corrected chi connectivity index (χ3v) is 3.43. The molecule has 1 N–H and O–H groups in total. The Hall–Kier alpha value is -1.83. The van der Waals surface area contributed by atoms with Crippen molar-refractivity contribution < 1.29 is 4.39 Å². The van der Waals surface area contributed by atoms with Gasteiger partial charge in [0.2, 0.25) is 0 Å². The van der Waals surface area contributed by atoms with Crippen molar-refractivity contribution in [3.05, 3.63) is 65.5 Å². The quantitative estimate of drug-likeness (QED) is 0.815. The molecule has 0 aliphatic rings. The summed E-state index contributed by atoms with van der Waals surface area (Å²) in [7, 11) is 0. The highest BCUT2D eigenvalue weighted by atomic mass is 19.1. The number of rotatable bonds is 5. The Morgan fingerprint density at radius 3 is 2.53 bits per heavy atom. The Bertz CT molecular complexity index is 522. The SMILES string of the molecule is Cc1cc(NCCC(C)c2ccccc2)ccc1F. The van der Waals surface area contributed by atoms with Crippen molar-refractivity contribution in [2.75, 3.05) is 11.9 Å². The van der Waals surface area contributed by atoms with Crippen LogP contribution in [0.15, 0.2) is 48.5 Å². The van der Waals surface area contributed by atoms with Gasteiger partial charge in [-0.15, -0.1) is 0 Å². The van der Waals surface area contributed by atoms with Crippen LogP contribution in [0.5, 0.6) is 0 Å². The number of anilines is 1. The van der Waals surface area contributed by atoms with Gasteiger partial charge in [-0.05, 0) is 48.6 Å². The average molecular weight is 257 g/mol. The lowest BCUT2D eigenvalue weighted by Gasteiger charge is -2.13. The molecule has 0 spiro atoms. The molecule has 0 amide bonds. The van der Waals surface area contributed by atoms with Crippen LogP contribution in [-0.2, 0) is 0 Å². The minimum absolute atomic E-state index is 0.150. The van der Waals surface area contributed by atoms with Crippen molar-refractivity contribution in [2.45, 2.75) is 26.2 Å². The molecular formula is C17H20FN. The molecule has 0 aliphatic carbocycles. The molecule has 0 aromatic heterocycles. The van der Waals surface area contributed by atoms with Crippen molar-refractivity contribution in [3.63, 3.8) is 0 Å². The van der Waals surface area contributed by atoms with Gasteiger partial charge in [-0.1, -0.05) is 37.3 Å². The zero-order valence-corrected chi connectivity index (χ0v) is 11.5. The Morgan fingerprint density at radius 1 is 1.11 bits per heavy atom. The van der Waals surface area contributed by atoms with Crippen molar-refractivity contribution in [1.82, 2.24) is 0 Å². The number of halogens is 1. The highest BCUT2D eigenvalue weighted by Gasteiger charge is 2.04. The smallest absolute Gasteiger partial charge is 0.126 e. The third kappa shape index (κ3) is 3.82. The van der Waals surface area contributed by atoms with Crippen molar-refractivity contribution in [3.8, 4) is 0 Å². The summed E-state index contributed by atoms with van der Waals surface area (Å²) in [6.07, 6.45) is 1.06. The summed E-state index contributed by atoms with van der Waals surface area (Å²) in [5, 5.41) is 3.35. The molecule has 1 unspecified atom stereocenters. The summed E-state index contributed by atoms with van der Waals surface area (Å²) >= 11 is 0. The van der Waals surface area contributed by atoms with Gasteiger partial charge in [-0.25, -0.2) is 4.39 Å². The van der Waals surface area contributed by atoms with Crippen LogP contribution in [0.3, 0.4) is 0 Å². The monoisotopic (exact) mass is 257 g/mol. The van der Waals surface area contributed by atoms with Crippen LogP contribution in [0, 0.1) is 12.7 Å². The van der Waals surface area contributed by atoms with E-state index in [0.29, 0.717) is 11.5 Å². The second-order valence-corrected chi connectivity index (χ2v) is 4.99. The Morgan fingerprint density at radius 2 is 1.84 bits per heavy atom. The van der Waals surface area contributed by atoms with Gasteiger partial charge in [-0.3, -0.25) is 0 Å². The van der Waals surface area contributed by atoms with Gasteiger partial charge >= 0.3 is 0 Å². The van der Waals surface area contributed by atoms with Crippen LogP contribution in [0.2, 0.25) is 0 Å². The second kappa shape index (κ2) is 6.37. The third-order valence-electron chi connectivity index (χ3n) is 3.43. The van der Waals surface area contributed by atoms with E-state index in [0.717, 1.165) is 18.7 Å². The zero-order chi connectivity index (χ0) is 13.7. The molecule has 0 saturated heterocycles. The molecule has 2 rings (SSSR count). The first-order valence-electron chi connectivity index (χ1n) is 6.72. The van der Waals surface area contributed by atoms with Gasteiger partial charge in [0, 0.05) is 12.2 Å². The first-order chi connectivity index (χ1) is 9.16. The van der Waals surface area contributed by atoms with E-state index in [-0.39, 0.29) is 5.82 Å². The predicted molar refractivity (Wildman–Crippen MR) is 79.1 cm³/mol. The van der Waals surface area contributed by atoms with Crippen molar-refractivity contribution in [2.24, 2.45) is 0 Å². The van der Waals surface area contributed by atoms with E-state index in [4.69, 9.17) is 0 Å². The fraction of sp³-hybridized carbons (Fsp3) is 0.294. The lowest BCUT2D eigenvalue weighted by Crippen LogP contribution is -2.06. The molecule has 0 bridgehead atoms. The summed E-state index contributed by atoms with van der Waals surface area (Å²) < 4.78 is 13.1. The van der Waals surface area contributed by atoms with E-state index in [9.17, 15) is 4.39 Å². The highest BCUT2D eigenvalue weighted by Crippen LogP contribution is 2.19. The van der Waals surface area contributed by atoms with Gasteiger partial charge in [0.05, 0.1) is 0 Å². The largest absolute Gasteiger partial charge is 0.385 e. The molecule has 0 radical (unpaired) electrons. The van der Waals surface area contributed by atoms with E-state index in [1.54, 1.807) is 13.0 Å². The lowest BCUT2D eigenvalue weighted by atomic mass is 9.98. The topological polar surface area (TPSA) is 12.0 Å². The Labute approximate surface area is 114 Å². The fourth-order valence-corrected chi connectivity index (χ4v) is 2.14. The molecule has 0 saturated carbocycles. The second-order valence-electron chi connectivity index (χ2n) is 4.99. The minimum Gasteiger partial charge on any atom is -0.385 e. The first kappa shape index (κ1) is 13.6. The maximum atomic E-state index is 13.1. The van der Waals surface area contributed by atoms with Crippen LogP contribution < -0.4 is 5.32 Å². The highest BCUT2D eigenvalue weighted by molar-refractivity contribution is 5.45. The number of hydrogen-bond acceptors (Lipinski definition) is 1. The number of aryl methyl sites for hydroxylation is 1. The summed E-state index contributed by atoms with van der Waals surface area (Å²) in [5.41, 5.74) is 3.03. The summed E-state index contributed by atoms with van der Waals surface area (Å²) in [6, 6.07) is 15.6. The normalized spacial score (nSPS) is 12.2. The molecule has 0 fully saturated rings. The van der Waals surface area contributed by atoms with Crippen LogP contribution in [0.4, 0.5) is 10.1 Å². The van der Waals surface area contributed by atoms with Crippen LogP contribution in [-0.4, -0.2) is 6.54 Å². The molecule has 2 aromatic carbocycles. The molecule has 19 heavy (non-hydrogen) atoms. The van der Waals surface area contributed by atoms with Crippen LogP contribution >= 0.6 is 0 Å². The summed E-state index contributed by atoms with van der Waals surface area (Å²) in [5.74, 6) is 0.374. The number of hydrogen-bond donors (Lipinski definition) is 1. The maximum absolute atomic E-state index is 13.1. The lowest BCUT2D eigenvalue weighted by molar-refractivity contribution is 0.618. The van der Waals surface area contributed by atoms with Gasteiger partial charge in [0.1, 0.15) is 5.82 Å². The molecule has 1 atom stereocenters. The molecule has 2 aromatic rings. The maximum Gasteiger partial charge on any atom is 0.126 e. The molecule has 100 valence electrons. The van der Waals surface area contributed by atoms with Gasteiger partial charge < -0.3 is 5.32 Å². The van der Waals surface area contributed by atoms with Gasteiger partial charge in [0.25, 0.3) is 0 Å². The first-order valence-corrected chi connectivity index (χ1v) is 6.72. The summed E-state index contributed by atoms with van der Waals surface area (Å²) in [4.78, 5) is 0. The van der Waals surface area contributed by atoms with Gasteiger partial charge in [0.15, 0.2) is 0 Å². The molecule has 2 heteroatoms. The number of benzene rings is 2. The standard InChI is InChI=1S/C17H20FN/c1-13(15-6-4-3-5-7-15)10-11-19-16-8-9-17(18)14(2)12-16/h3-9,12-13,19H,10-11H2,1-2H3. The van der Waals surface area contributed by atoms with Crippen LogP contribution in [0.1, 0.15) is 30.4 Å². The summed E-state index contributed by atoms with van der Waals surface area (Å²) in [6.45, 7) is 4.90. The zero-order valence-electron chi connectivity index (χ0n) is 11.5. The Kier molecular flexibility index (Phi) is 4.56. The Balaban J connectivity index is 1.85. The predicted octanol–water partition coefficient (Wildman–Crippen LogP) is 4.74. The van der Waals surface area contributed by atoms with Crippen molar-refractivity contribution >= 4 is 5.69 Å².